The largest absolute Gasteiger partial charge is 0.492 e. The lowest BCUT2D eigenvalue weighted by Gasteiger charge is -2.09. The number of aryl methyl sites for hydroxylation is 2. The van der Waals surface area contributed by atoms with Crippen LogP contribution in [0.3, 0.4) is 0 Å². The van der Waals surface area contributed by atoms with Crippen molar-refractivity contribution >= 4 is 38.7 Å². The molecule has 0 spiro atoms. The Bertz CT molecular complexity index is 1160. The van der Waals surface area contributed by atoms with Gasteiger partial charge in [-0.3, -0.25) is 4.79 Å². The van der Waals surface area contributed by atoms with Crippen molar-refractivity contribution in [1.82, 2.24) is 14.9 Å². The van der Waals surface area contributed by atoms with Gasteiger partial charge in [0.15, 0.2) is 5.16 Å². The number of nitrogens with zero attached hydrogens (tertiary/aromatic N) is 2. The van der Waals surface area contributed by atoms with Gasteiger partial charge in [-0.1, -0.05) is 23.9 Å². The number of amides is 1. The summed E-state index contributed by atoms with van der Waals surface area (Å²) in [7, 11) is -3.80. The van der Waals surface area contributed by atoms with Crippen LogP contribution in [-0.4, -0.2) is 42.8 Å². The lowest BCUT2D eigenvalue weighted by Crippen LogP contribution is -2.29. The standard InChI is InChI=1S/C20H24N4O4S2/c1-3-24-18-8-7-16(30(21,26)27)12-17(18)23-20(24)29-13-19(25)22-9-10-28-15-6-4-5-14(2)11-15/h4-8,11-12H,3,9-10,13H2,1-2H3,(H,22,25)(H2,21,26,27). The molecular weight excluding hydrogens is 424 g/mol. The molecule has 0 saturated carbocycles. The van der Waals surface area contributed by atoms with E-state index >= 15 is 0 Å². The molecule has 0 bridgehead atoms. The van der Waals surface area contributed by atoms with E-state index in [0.29, 0.717) is 30.4 Å². The number of hydrogen-bond acceptors (Lipinski definition) is 6. The number of carbonyl (C=O) groups excluding carboxylic acids is 1. The van der Waals surface area contributed by atoms with Crippen LogP contribution in [-0.2, 0) is 21.4 Å². The van der Waals surface area contributed by atoms with Gasteiger partial charge >= 0.3 is 0 Å². The fourth-order valence-electron chi connectivity index (χ4n) is 2.93. The molecule has 1 aromatic heterocycles. The van der Waals surface area contributed by atoms with E-state index in [9.17, 15) is 13.2 Å². The third kappa shape index (κ3) is 5.53. The van der Waals surface area contributed by atoms with Crippen LogP contribution >= 0.6 is 11.8 Å². The zero-order valence-corrected chi connectivity index (χ0v) is 18.4. The second kappa shape index (κ2) is 9.50. The Hall–Kier alpha value is -2.56. The minimum atomic E-state index is -3.80. The van der Waals surface area contributed by atoms with Gasteiger partial charge in [0.05, 0.1) is 28.2 Å². The van der Waals surface area contributed by atoms with Crippen LogP contribution in [0, 0.1) is 6.92 Å². The van der Waals surface area contributed by atoms with Gasteiger partial charge in [0.25, 0.3) is 0 Å². The highest BCUT2D eigenvalue weighted by molar-refractivity contribution is 7.99. The van der Waals surface area contributed by atoms with Crippen LogP contribution < -0.4 is 15.2 Å². The average Bonchev–Trinajstić information content (AvgIpc) is 3.05. The highest BCUT2D eigenvalue weighted by Crippen LogP contribution is 2.25. The van der Waals surface area contributed by atoms with Gasteiger partial charge in [-0.05, 0) is 49.7 Å². The van der Waals surface area contributed by atoms with Crippen molar-refractivity contribution < 1.29 is 17.9 Å². The first-order valence-corrected chi connectivity index (χ1v) is 11.9. The molecule has 10 heteroatoms. The third-order valence-corrected chi connectivity index (χ3v) is 6.23. The molecule has 2 aromatic carbocycles. The normalized spacial score (nSPS) is 11.6. The van der Waals surface area contributed by atoms with E-state index in [-0.39, 0.29) is 16.6 Å². The highest BCUT2D eigenvalue weighted by atomic mass is 32.2. The highest BCUT2D eigenvalue weighted by Gasteiger charge is 2.15. The number of fused-ring (bicyclic) bond motifs is 1. The first kappa shape index (κ1) is 22.1. The topological polar surface area (TPSA) is 116 Å². The average molecular weight is 449 g/mol. The van der Waals surface area contributed by atoms with Crippen molar-refractivity contribution in [2.75, 3.05) is 18.9 Å². The van der Waals surface area contributed by atoms with E-state index in [4.69, 9.17) is 9.88 Å². The van der Waals surface area contributed by atoms with Crippen molar-refractivity contribution in [3.8, 4) is 5.75 Å². The van der Waals surface area contributed by atoms with Crippen LogP contribution in [0.15, 0.2) is 52.5 Å². The molecule has 0 fully saturated rings. The van der Waals surface area contributed by atoms with Crippen LogP contribution in [0.2, 0.25) is 0 Å². The molecule has 0 aliphatic carbocycles. The van der Waals surface area contributed by atoms with Gasteiger partial charge in [0.2, 0.25) is 15.9 Å². The fraction of sp³-hybridized carbons (Fsp3) is 0.300. The molecule has 0 aliphatic heterocycles. The zero-order valence-electron chi connectivity index (χ0n) is 16.8. The van der Waals surface area contributed by atoms with Crippen LogP contribution in [0.5, 0.6) is 5.75 Å². The second-order valence-electron chi connectivity index (χ2n) is 6.64. The second-order valence-corrected chi connectivity index (χ2v) is 9.14. The Morgan fingerprint density at radius 2 is 2.07 bits per heavy atom. The van der Waals surface area contributed by atoms with E-state index in [1.807, 2.05) is 42.7 Å². The summed E-state index contributed by atoms with van der Waals surface area (Å²) >= 11 is 1.29. The van der Waals surface area contributed by atoms with Gasteiger partial charge in [-0.25, -0.2) is 18.5 Å². The minimum absolute atomic E-state index is 0.0126. The summed E-state index contributed by atoms with van der Waals surface area (Å²) in [6, 6.07) is 12.3. The smallest absolute Gasteiger partial charge is 0.238 e. The monoisotopic (exact) mass is 448 g/mol. The molecule has 0 aliphatic rings. The summed E-state index contributed by atoms with van der Waals surface area (Å²) < 4.78 is 30.7. The lowest BCUT2D eigenvalue weighted by molar-refractivity contribution is -0.118. The number of benzene rings is 2. The molecule has 3 rings (SSSR count). The van der Waals surface area contributed by atoms with Crippen molar-refractivity contribution in [3.63, 3.8) is 0 Å². The Balaban J connectivity index is 1.56. The summed E-state index contributed by atoms with van der Waals surface area (Å²) in [4.78, 5) is 16.6. The van der Waals surface area contributed by atoms with Crippen LogP contribution in [0.1, 0.15) is 12.5 Å². The number of thioether (sulfide) groups is 1. The van der Waals surface area contributed by atoms with Crippen molar-refractivity contribution in [2.45, 2.75) is 30.4 Å². The lowest BCUT2D eigenvalue weighted by atomic mass is 10.2. The SMILES string of the molecule is CCn1c(SCC(=O)NCCOc2cccc(C)c2)nc2cc(S(N)(=O)=O)ccc21. The number of imidazole rings is 1. The number of sulfonamides is 1. The molecule has 0 radical (unpaired) electrons. The van der Waals surface area contributed by atoms with E-state index in [2.05, 4.69) is 10.3 Å². The number of primary sulfonamides is 1. The quantitative estimate of drug-likeness (QED) is 0.383. The minimum Gasteiger partial charge on any atom is -0.492 e. The number of nitrogens with one attached hydrogen (secondary N) is 1. The summed E-state index contributed by atoms with van der Waals surface area (Å²) in [5.74, 6) is 0.831. The van der Waals surface area contributed by atoms with Gasteiger partial charge in [0.1, 0.15) is 12.4 Å². The molecule has 3 aromatic rings. The van der Waals surface area contributed by atoms with Crippen molar-refractivity contribution in [2.24, 2.45) is 5.14 Å². The van der Waals surface area contributed by atoms with Crippen molar-refractivity contribution in [1.29, 1.82) is 0 Å². The Morgan fingerprint density at radius 3 is 2.77 bits per heavy atom. The molecular formula is C20H24N4O4S2. The predicted octanol–water partition coefficient (Wildman–Crippen LogP) is 2.30. The molecule has 8 nitrogen and oxygen atoms in total. The van der Waals surface area contributed by atoms with Gasteiger partial charge in [-0.2, -0.15) is 0 Å². The predicted molar refractivity (Wildman–Crippen MR) is 117 cm³/mol. The Labute approximate surface area is 179 Å². The van der Waals surface area contributed by atoms with Gasteiger partial charge < -0.3 is 14.6 Å². The molecule has 0 atom stereocenters. The first-order valence-electron chi connectivity index (χ1n) is 9.40. The van der Waals surface area contributed by atoms with Gasteiger partial charge in [-0.15, -0.1) is 0 Å². The zero-order chi connectivity index (χ0) is 21.7. The number of carbonyl (C=O) groups is 1. The molecule has 1 heterocycles. The van der Waals surface area contributed by atoms with E-state index < -0.39 is 10.0 Å². The Kier molecular flexibility index (Phi) is 7.01. The third-order valence-electron chi connectivity index (χ3n) is 4.34. The summed E-state index contributed by atoms with van der Waals surface area (Å²) in [6.07, 6.45) is 0. The maximum absolute atomic E-state index is 12.2. The maximum atomic E-state index is 12.2. The molecule has 30 heavy (non-hydrogen) atoms. The molecule has 0 saturated heterocycles. The van der Waals surface area contributed by atoms with Crippen molar-refractivity contribution in [3.05, 3.63) is 48.0 Å². The number of rotatable bonds is 9. The molecule has 0 unspecified atom stereocenters. The summed E-state index contributed by atoms with van der Waals surface area (Å²) in [5, 5.41) is 8.66. The van der Waals surface area contributed by atoms with Gasteiger partial charge in [0, 0.05) is 6.54 Å². The van der Waals surface area contributed by atoms with E-state index in [1.165, 1.54) is 23.9 Å². The fourth-order valence-corrected chi connectivity index (χ4v) is 4.37. The molecule has 1 amide bonds. The number of hydrogen-bond donors (Lipinski definition) is 2. The molecule has 160 valence electrons. The Morgan fingerprint density at radius 1 is 1.27 bits per heavy atom. The van der Waals surface area contributed by atoms with Crippen LogP contribution in [0.4, 0.5) is 0 Å². The van der Waals surface area contributed by atoms with E-state index in [0.717, 1.165) is 16.8 Å². The van der Waals surface area contributed by atoms with E-state index in [1.54, 1.807) is 6.07 Å². The first-order chi connectivity index (χ1) is 14.3. The molecule has 3 N–H and O–H groups in total. The summed E-state index contributed by atoms with van der Waals surface area (Å²) in [6.45, 7) is 5.37. The maximum Gasteiger partial charge on any atom is 0.238 e. The number of nitrogens with two attached hydrogens (primary N) is 1. The summed E-state index contributed by atoms with van der Waals surface area (Å²) in [5.41, 5.74) is 2.43. The number of aromatic nitrogens is 2. The number of ether oxygens (including phenoxy) is 1. The van der Waals surface area contributed by atoms with Crippen LogP contribution in [0.25, 0.3) is 11.0 Å².